The first kappa shape index (κ1) is 6.86. The molecular weight excluding hydrogens is 126 g/mol. The molecule has 0 atom stereocenters. The van der Waals surface area contributed by atoms with Crippen molar-refractivity contribution in [2.24, 2.45) is 4.99 Å². The molecule has 0 unspecified atom stereocenters. The maximum absolute atomic E-state index is 4.06. The minimum atomic E-state index is 0.838. The van der Waals surface area contributed by atoms with E-state index in [2.05, 4.69) is 15.0 Å². The van der Waals surface area contributed by atoms with Gasteiger partial charge in [0, 0.05) is 25.7 Å². The second-order valence-corrected chi connectivity index (χ2v) is 1.91. The van der Waals surface area contributed by atoms with Gasteiger partial charge in [-0.25, -0.2) is 0 Å². The molecule has 0 N–H and O–H groups in total. The van der Waals surface area contributed by atoms with Crippen molar-refractivity contribution in [3.8, 4) is 0 Å². The molecule has 1 aromatic heterocycles. The van der Waals surface area contributed by atoms with Gasteiger partial charge in [0.05, 0.1) is 5.69 Å². The van der Waals surface area contributed by atoms with Crippen LogP contribution < -0.4 is 0 Å². The number of aromatic nitrogens is 2. The van der Waals surface area contributed by atoms with Crippen molar-refractivity contribution in [2.45, 2.75) is 6.92 Å². The highest BCUT2D eigenvalue weighted by Crippen LogP contribution is 1.93. The lowest BCUT2D eigenvalue weighted by atomic mass is 10.3. The molecule has 0 saturated heterocycles. The zero-order valence-corrected chi connectivity index (χ0v) is 6.07. The highest BCUT2D eigenvalue weighted by Gasteiger charge is 1.92. The van der Waals surface area contributed by atoms with Gasteiger partial charge in [0.1, 0.15) is 5.69 Å². The first-order valence-corrected chi connectivity index (χ1v) is 3.04. The van der Waals surface area contributed by atoms with Crippen LogP contribution in [0.1, 0.15) is 11.4 Å². The van der Waals surface area contributed by atoms with Gasteiger partial charge in [-0.2, -0.15) is 0 Å². The SMILES string of the molecule is CN=Cc1nccnc1C. The zero-order chi connectivity index (χ0) is 7.40. The van der Waals surface area contributed by atoms with Crippen molar-refractivity contribution >= 4 is 6.21 Å². The summed E-state index contributed by atoms with van der Waals surface area (Å²) in [5.74, 6) is 0. The molecule has 0 saturated carbocycles. The van der Waals surface area contributed by atoms with Gasteiger partial charge in [-0.1, -0.05) is 0 Å². The van der Waals surface area contributed by atoms with E-state index in [0.29, 0.717) is 0 Å². The average molecular weight is 135 g/mol. The highest BCUT2D eigenvalue weighted by atomic mass is 14.8. The Morgan fingerprint density at radius 1 is 1.40 bits per heavy atom. The fourth-order valence-corrected chi connectivity index (χ4v) is 0.667. The summed E-state index contributed by atoms with van der Waals surface area (Å²) in [6.45, 7) is 1.91. The summed E-state index contributed by atoms with van der Waals surface area (Å²) in [4.78, 5) is 11.9. The summed E-state index contributed by atoms with van der Waals surface area (Å²) >= 11 is 0. The Balaban J connectivity index is 3.03. The van der Waals surface area contributed by atoms with Crippen molar-refractivity contribution in [3.63, 3.8) is 0 Å². The molecule has 0 aliphatic rings. The van der Waals surface area contributed by atoms with Crippen LogP contribution in [0.4, 0.5) is 0 Å². The minimum Gasteiger partial charge on any atom is -0.294 e. The maximum Gasteiger partial charge on any atom is 0.102 e. The third kappa shape index (κ3) is 1.37. The van der Waals surface area contributed by atoms with Gasteiger partial charge in [-0.3, -0.25) is 15.0 Å². The van der Waals surface area contributed by atoms with Gasteiger partial charge < -0.3 is 0 Å². The van der Waals surface area contributed by atoms with E-state index in [0.717, 1.165) is 11.4 Å². The van der Waals surface area contributed by atoms with E-state index in [1.54, 1.807) is 25.7 Å². The summed E-state index contributed by atoms with van der Waals surface area (Å²) in [6.07, 6.45) is 5.02. The summed E-state index contributed by atoms with van der Waals surface area (Å²) in [5.41, 5.74) is 1.75. The third-order valence-corrected chi connectivity index (χ3v) is 1.17. The van der Waals surface area contributed by atoms with Gasteiger partial charge in [-0.15, -0.1) is 0 Å². The average Bonchev–Trinajstić information content (AvgIpc) is 1.94. The van der Waals surface area contributed by atoms with Crippen LogP contribution in [-0.4, -0.2) is 23.2 Å². The molecule has 3 nitrogen and oxygen atoms in total. The molecule has 0 bridgehead atoms. The highest BCUT2D eigenvalue weighted by molar-refractivity contribution is 5.77. The van der Waals surface area contributed by atoms with Crippen LogP contribution in [0.5, 0.6) is 0 Å². The molecule has 1 aromatic rings. The number of hydrogen-bond acceptors (Lipinski definition) is 3. The normalized spacial score (nSPS) is 10.6. The van der Waals surface area contributed by atoms with Gasteiger partial charge >= 0.3 is 0 Å². The van der Waals surface area contributed by atoms with E-state index in [-0.39, 0.29) is 0 Å². The van der Waals surface area contributed by atoms with Gasteiger partial charge in [0.25, 0.3) is 0 Å². The Bertz CT molecular complexity index is 242. The Morgan fingerprint density at radius 3 is 2.70 bits per heavy atom. The number of aliphatic imine (C=N–C) groups is 1. The molecule has 0 aliphatic heterocycles. The molecule has 0 fully saturated rings. The van der Waals surface area contributed by atoms with Crippen molar-refractivity contribution in [1.82, 2.24) is 9.97 Å². The smallest absolute Gasteiger partial charge is 0.102 e. The maximum atomic E-state index is 4.06. The number of aryl methyl sites for hydroxylation is 1. The van der Waals surface area contributed by atoms with Crippen LogP contribution in [0, 0.1) is 6.92 Å². The summed E-state index contributed by atoms with van der Waals surface area (Å²) < 4.78 is 0. The quantitative estimate of drug-likeness (QED) is 0.535. The lowest BCUT2D eigenvalue weighted by Crippen LogP contribution is -1.93. The Morgan fingerprint density at radius 2 is 2.10 bits per heavy atom. The number of hydrogen-bond donors (Lipinski definition) is 0. The zero-order valence-electron chi connectivity index (χ0n) is 6.07. The van der Waals surface area contributed by atoms with Crippen LogP contribution >= 0.6 is 0 Å². The molecule has 0 aliphatic carbocycles. The number of rotatable bonds is 1. The summed E-state index contributed by atoms with van der Waals surface area (Å²) in [6, 6.07) is 0. The standard InChI is InChI=1S/C7H9N3/c1-6-7(5-8-2)10-4-3-9-6/h3-5H,1-2H3. The second-order valence-electron chi connectivity index (χ2n) is 1.91. The molecule has 0 spiro atoms. The summed E-state index contributed by atoms with van der Waals surface area (Å²) in [7, 11) is 1.72. The van der Waals surface area contributed by atoms with Crippen molar-refractivity contribution in [3.05, 3.63) is 23.8 Å². The van der Waals surface area contributed by atoms with Crippen LogP contribution in [0.2, 0.25) is 0 Å². The predicted molar refractivity (Wildman–Crippen MR) is 40.3 cm³/mol. The van der Waals surface area contributed by atoms with E-state index in [4.69, 9.17) is 0 Å². The molecule has 3 heteroatoms. The summed E-state index contributed by atoms with van der Waals surface area (Å²) in [5, 5.41) is 0. The molecule has 1 rings (SSSR count). The molecule has 1 heterocycles. The van der Waals surface area contributed by atoms with Crippen LogP contribution in [0.25, 0.3) is 0 Å². The van der Waals surface area contributed by atoms with Crippen molar-refractivity contribution in [2.75, 3.05) is 7.05 Å². The predicted octanol–water partition coefficient (Wildman–Crippen LogP) is 0.834. The first-order chi connectivity index (χ1) is 4.84. The molecule has 10 heavy (non-hydrogen) atoms. The third-order valence-electron chi connectivity index (χ3n) is 1.17. The Kier molecular flexibility index (Phi) is 2.10. The van der Waals surface area contributed by atoms with Crippen LogP contribution in [0.15, 0.2) is 17.4 Å². The lowest BCUT2D eigenvalue weighted by Gasteiger charge is -1.93. The monoisotopic (exact) mass is 135 g/mol. The lowest BCUT2D eigenvalue weighted by molar-refractivity contribution is 1.10. The van der Waals surface area contributed by atoms with Gasteiger partial charge in [0.15, 0.2) is 0 Å². The molecule has 52 valence electrons. The van der Waals surface area contributed by atoms with E-state index >= 15 is 0 Å². The largest absolute Gasteiger partial charge is 0.294 e. The molecule has 0 radical (unpaired) electrons. The van der Waals surface area contributed by atoms with E-state index in [9.17, 15) is 0 Å². The topological polar surface area (TPSA) is 38.1 Å². The second kappa shape index (κ2) is 3.06. The fraction of sp³-hybridized carbons (Fsp3) is 0.286. The van der Waals surface area contributed by atoms with Gasteiger partial charge in [-0.05, 0) is 6.92 Å². The van der Waals surface area contributed by atoms with E-state index in [1.807, 2.05) is 6.92 Å². The van der Waals surface area contributed by atoms with Crippen molar-refractivity contribution in [1.29, 1.82) is 0 Å². The van der Waals surface area contributed by atoms with Crippen LogP contribution in [0.3, 0.4) is 0 Å². The van der Waals surface area contributed by atoms with Crippen LogP contribution in [-0.2, 0) is 0 Å². The fourth-order valence-electron chi connectivity index (χ4n) is 0.667. The Hall–Kier alpha value is -1.25. The number of nitrogens with zero attached hydrogens (tertiary/aromatic N) is 3. The van der Waals surface area contributed by atoms with Crippen molar-refractivity contribution < 1.29 is 0 Å². The molecule has 0 aromatic carbocycles. The minimum absolute atomic E-state index is 0.838. The van der Waals surface area contributed by atoms with E-state index in [1.165, 1.54) is 0 Å². The molecule has 0 amide bonds. The Labute approximate surface area is 59.9 Å². The molecular formula is C7H9N3. The first-order valence-electron chi connectivity index (χ1n) is 3.04. The van der Waals surface area contributed by atoms with Gasteiger partial charge in [0.2, 0.25) is 0 Å². The van der Waals surface area contributed by atoms with E-state index < -0.39 is 0 Å².